The minimum atomic E-state index is -1.39. The van der Waals surface area contributed by atoms with Crippen molar-refractivity contribution < 1.29 is 43.2 Å². The number of nitrogens with two attached hydrogens (primary N) is 3. The summed E-state index contributed by atoms with van der Waals surface area (Å²) in [5, 5.41) is 21.9. The lowest BCUT2D eigenvalue weighted by atomic mass is 10.0. The number of imidazole rings is 1. The number of nitrogens with zero attached hydrogens (tertiary/aromatic N) is 2. The van der Waals surface area contributed by atoms with E-state index in [1.807, 2.05) is 31.2 Å². The largest absolute Gasteiger partial charge is 0.370 e. The molecule has 2 aromatic carbocycles. The summed E-state index contributed by atoms with van der Waals surface area (Å²) in [7, 11) is 0. The van der Waals surface area contributed by atoms with E-state index in [9.17, 15) is 43.2 Å². The second-order valence-electron chi connectivity index (χ2n) is 17.7. The van der Waals surface area contributed by atoms with Gasteiger partial charge in [-0.3, -0.25) is 48.1 Å². The molecule has 2 aromatic heterocycles. The molecule has 0 aliphatic rings. The Hall–Kier alpha value is -7.61. The van der Waals surface area contributed by atoms with Gasteiger partial charge >= 0.3 is 0 Å². The van der Waals surface area contributed by atoms with Crippen LogP contribution < -0.4 is 59.7 Å². The molecule has 4 rings (SSSR count). The summed E-state index contributed by atoms with van der Waals surface area (Å²) in [6.45, 7) is 4.63. The first-order valence-electron chi connectivity index (χ1n) is 24.4. The molecule has 16 N–H and O–H groups in total. The number of amides is 9. The third-order valence-electron chi connectivity index (χ3n) is 11.8. The predicted molar refractivity (Wildman–Crippen MR) is 288 cm³/mol. The lowest BCUT2D eigenvalue weighted by Crippen LogP contribution is -2.61. The van der Waals surface area contributed by atoms with E-state index in [0.717, 1.165) is 17.3 Å². The van der Waals surface area contributed by atoms with Gasteiger partial charge in [0.15, 0.2) is 5.96 Å². The van der Waals surface area contributed by atoms with Crippen molar-refractivity contribution in [2.24, 2.45) is 22.2 Å². The van der Waals surface area contributed by atoms with Crippen molar-refractivity contribution in [3.8, 4) is 0 Å². The van der Waals surface area contributed by atoms with Gasteiger partial charge in [-0.15, -0.1) is 0 Å². The number of primary amides is 1. The third-order valence-corrected chi connectivity index (χ3v) is 12.5. The number of thiol groups is 2. The minimum absolute atomic E-state index is 0.0570. The fraction of sp³-hybridized carbons (Fsp3) is 0.449. The van der Waals surface area contributed by atoms with E-state index < -0.39 is 101 Å². The van der Waals surface area contributed by atoms with Gasteiger partial charge in [-0.05, 0) is 43.4 Å². The lowest BCUT2D eigenvalue weighted by Gasteiger charge is -2.27. The number of unbranched alkanes of at least 4 members (excludes halogenated alkanes) is 1. The Morgan fingerprint density at radius 2 is 1.12 bits per heavy atom. The highest BCUT2D eigenvalue weighted by Gasteiger charge is 2.34. The SMILES string of the molecule is CCCC[C@H](NC(C)=O)C(=O)N[C@H](CS)C(=O)N[C@H](C)C(=O)N[C@@H](Cc1cnc[nH]1)C(=O)N[C@H](Cc1ccccc1)C(=O)N[C@@H](CCCN=C(N)N)C(=O)N[C@@H](Cc1c[nH]c2ccccc12)C(=O)N[C@H](CS)C(N)=O. The van der Waals surface area contributed by atoms with Crippen LogP contribution in [0.25, 0.3) is 10.9 Å². The maximum atomic E-state index is 14.6. The number of rotatable bonds is 31. The normalized spacial score (nSPS) is 14.2. The molecule has 0 aliphatic heterocycles. The van der Waals surface area contributed by atoms with Crippen molar-refractivity contribution in [3.05, 3.63) is 90.1 Å². The second-order valence-corrected chi connectivity index (χ2v) is 18.5. The number of carbonyl (C=O) groups is 9. The lowest BCUT2D eigenvalue weighted by molar-refractivity contribution is -0.135. The number of aromatic nitrogens is 3. The third kappa shape index (κ3) is 19.6. The minimum Gasteiger partial charge on any atom is -0.370 e. The van der Waals surface area contributed by atoms with Gasteiger partial charge in [-0.1, -0.05) is 68.3 Å². The molecule has 0 saturated carbocycles. The zero-order valence-corrected chi connectivity index (χ0v) is 43.8. The first-order valence-corrected chi connectivity index (χ1v) is 25.6. The highest BCUT2D eigenvalue weighted by atomic mass is 32.1. The number of fused-ring (bicyclic) bond motifs is 1. The number of guanidine groups is 1. The number of hydrogen-bond donors (Lipinski definition) is 15. The molecule has 9 amide bonds. The molecule has 406 valence electrons. The van der Waals surface area contributed by atoms with Crippen LogP contribution in [0.5, 0.6) is 0 Å². The molecule has 0 radical (unpaired) electrons. The van der Waals surface area contributed by atoms with Crippen LogP contribution in [0.4, 0.5) is 0 Å². The van der Waals surface area contributed by atoms with Crippen molar-refractivity contribution >= 4 is 95.3 Å². The van der Waals surface area contributed by atoms with Gasteiger partial charge in [0.1, 0.15) is 48.3 Å². The van der Waals surface area contributed by atoms with Crippen LogP contribution in [-0.2, 0) is 62.4 Å². The number of aliphatic imine (C=N–C) groups is 1. The highest BCUT2D eigenvalue weighted by molar-refractivity contribution is 7.80. The summed E-state index contributed by atoms with van der Waals surface area (Å²) in [4.78, 5) is 136. The van der Waals surface area contributed by atoms with Crippen LogP contribution in [0.2, 0.25) is 0 Å². The van der Waals surface area contributed by atoms with Gasteiger partial charge in [0.05, 0.1) is 6.33 Å². The van der Waals surface area contributed by atoms with Crippen LogP contribution in [0.3, 0.4) is 0 Å². The van der Waals surface area contributed by atoms with E-state index in [2.05, 4.69) is 87.7 Å². The Morgan fingerprint density at radius 3 is 1.71 bits per heavy atom. The molecular weight excluding hydrogens is 1010 g/mol. The molecular formula is C49H69N15O9S2. The van der Waals surface area contributed by atoms with Crippen LogP contribution in [0, 0.1) is 0 Å². The average Bonchev–Trinajstić information content (AvgIpc) is 4.06. The first kappa shape index (κ1) is 59.9. The number of nitrogens with one attached hydrogen (secondary N) is 10. The molecule has 0 unspecified atom stereocenters. The van der Waals surface area contributed by atoms with Crippen LogP contribution in [0.15, 0.2) is 78.3 Å². The van der Waals surface area contributed by atoms with E-state index in [1.54, 1.807) is 36.5 Å². The maximum absolute atomic E-state index is 14.6. The van der Waals surface area contributed by atoms with E-state index in [1.165, 1.54) is 26.4 Å². The Balaban J connectivity index is 1.60. The van der Waals surface area contributed by atoms with Gasteiger partial charge in [-0.25, -0.2) is 4.98 Å². The van der Waals surface area contributed by atoms with Crippen molar-refractivity contribution in [2.75, 3.05) is 18.1 Å². The number of H-pyrrole nitrogens is 2. The molecule has 0 spiro atoms. The Morgan fingerprint density at radius 1 is 0.600 bits per heavy atom. The van der Waals surface area contributed by atoms with Gasteiger partial charge < -0.3 is 69.7 Å². The van der Waals surface area contributed by atoms with E-state index >= 15 is 0 Å². The zero-order chi connectivity index (χ0) is 55.0. The van der Waals surface area contributed by atoms with Gasteiger partial charge in [-0.2, -0.15) is 25.3 Å². The second kappa shape index (κ2) is 30.6. The molecule has 26 heteroatoms. The summed E-state index contributed by atoms with van der Waals surface area (Å²) in [5.74, 6) is -7.16. The average molecular weight is 1080 g/mol. The molecule has 8 atom stereocenters. The smallest absolute Gasteiger partial charge is 0.244 e. The number of benzene rings is 2. The van der Waals surface area contributed by atoms with E-state index in [4.69, 9.17) is 17.2 Å². The number of aromatic amines is 2. The summed E-state index contributed by atoms with van der Waals surface area (Å²) < 4.78 is 0. The van der Waals surface area contributed by atoms with Crippen molar-refractivity contribution in [3.63, 3.8) is 0 Å². The van der Waals surface area contributed by atoms with Crippen molar-refractivity contribution in [2.45, 2.75) is 120 Å². The predicted octanol–water partition coefficient (Wildman–Crippen LogP) is -1.57. The summed E-state index contributed by atoms with van der Waals surface area (Å²) in [6, 6.07) is 5.98. The molecule has 75 heavy (non-hydrogen) atoms. The number of para-hydroxylation sites is 1. The molecule has 2 heterocycles. The highest BCUT2D eigenvalue weighted by Crippen LogP contribution is 2.20. The van der Waals surface area contributed by atoms with Crippen molar-refractivity contribution in [1.29, 1.82) is 0 Å². The number of carbonyl (C=O) groups excluding carboxylic acids is 9. The van der Waals surface area contributed by atoms with E-state index in [0.29, 0.717) is 29.7 Å². The Bertz CT molecular complexity index is 2600. The summed E-state index contributed by atoms with van der Waals surface area (Å²) in [5.41, 5.74) is 19.1. The molecule has 4 aromatic rings. The number of hydrogen-bond acceptors (Lipinski definition) is 13. The molecule has 0 bridgehead atoms. The monoisotopic (exact) mass is 1080 g/mol. The maximum Gasteiger partial charge on any atom is 0.244 e. The van der Waals surface area contributed by atoms with Crippen LogP contribution in [-0.4, -0.2) is 140 Å². The zero-order valence-electron chi connectivity index (χ0n) is 42.0. The summed E-state index contributed by atoms with van der Waals surface area (Å²) in [6.07, 6.45) is 6.01. The molecule has 0 fully saturated rings. The van der Waals surface area contributed by atoms with Crippen LogP contribution >= 0.6 is 25.3 Å². The standard InChI is InChI=1S/C49H69N15O9S2/c1-4-5-15-34(58-28(3)65)43(68)64-40(25-75)48(73)57-27(2)42(67)60-38(21-31-23-53-26-56-31)47(72)61-36(19-29-12-7-6-8-13-29)45(70)59-35(17-11-18-54-49(51)52)44(69)62-37(46(71)63-39(24-74)41(50)66)20-30-22-55-33-16-10-9-14-32(30)33/h6-10,12-14,16,22-23,26-27,34-40,55,74-75H,4-5,11,15,17-21,24-25H2,1-3H3,(H2,50,66)(H,53,56)(H,57,73)(H,58,65)(H,59,70)(H,60,67)(H,61,72)(H,62,69)(H,63,71)(H,64,68)(H4,51,52,54)/t27-,34+,35+,36-,37+,38+,39-,40-/m1/s1. The van der Waals surface area contributed by atoms with Crippen molar-refractivity contribution in [1.82, 2.24) is 57.5 Å². The van der Waals surface area contributed by atoms with Crippen LogP contribution in [0.1, 0.15) is 69.7 Å². The Labute approximate surface area is 445 Å². The molecule has 24 nitrogen and oxygen atoms in total. The topological polar surface area (TPSA) is 385 Å². The Kier molecular flexibility index (Phi) is 24.4. The fourth-order valence-electron chi connectivity index (χ4n) is 7.75. The molecule has 0 aliphatic carbocycles. The summed E-state index contributed by atoms with van der Waals surface area (Å²) >= 11 is 8.38. The quantitative estimate of drug-likeness (QED) is 0.0118. The fourth-order valence-corrected chi connectivity index (χ4v) is 8.28. The first-order chi connectivity index (χ1) is 35.8. The van der Waals surface area contributed by atoms with Gasteiger partial charge in [0.2, 0.25) is 53.2 Å². The van der Waals surface area contributed by atoms with E-state index in [-0.39, 0.29) is 56.1 Å². The van der Waals surface area contributed by atoms with Gasteiger partial charge in [0.25, 0.3) is 0 Å². The van der Waals surface area contributed by atoms with Gasteiger partial charge in [0, 0.05) is 73.2 Å². The molecule has 0 saturated heterocycles.